The van der Waals surface area contributed by atoms with E-state index in [1.807, 2.05) is 13.0 Å². The SMILES string of the molecule is Cc1cccnc1C(=O)c1cc(Cl)ccc1Cl. The number of benzene rings is 1. The largest absolute Gasteiger partial charge is 0.287 e. The van der Waals surface area contributed by atoms with Gasteiger partial charge in [0.15, 0.2) is 0 Å². The fraction of sp³-hybridized carbons (Fsp3) is 0.0769. The number of hydrogen-bond donors (Lipinski definition) is 0. The van der Waals surface area contributed by atoms with Crippen LogP contribution < -0.4 is 0 Å². The Morgan fingerprint density at radius 2 is 2.00 bits per heavy atom. The Morgan fingerprint density at radius 1 is 1.24 bits per heavy atom. The lowest BCUT2D eigenvalue weighted by atomic mass is 10.0. The molecule has 86 valence electrons. The maximum Gasteiger partial charge on any atom is 0.213 e. The number of aryl methyl sites for hydroxylation is 1. The van der Waals surface area contributed by atoms with E-state index < -0.39 is 0 Å². The monoisotopic (exact) mass is 265 g/mol. The maximum atomic E-state index is 12.2. The molecule has 0 bridgehead atoms. The molecule has 2 rings (SSSR count). The van der Waals surface area contributed by atoms with Crippen molar-refractivity contribution < 1.29 is 4.79 Å². The number of aromatic nitrogens is 1. The van der Waals surface area contributed by atoms with Crippen LogP contribution in [-0.2, 0) is 0 Å². The Morgan fingerprint density at radius 3 is 2.71 bits per heavy atom. The highest BCUT2D eigenvalue weighted by Gasteiger charge is 2.16. The number of halogens is 2. The summed E-state index contributed by atoms with van der Waals surface area (Å²) in [6.45, 7) is 1.83. The summed E-state index contributed by atoms with van der Waals surface area (Å²) in [5, 5.41) is 0.857. The second-order valence-corrected chi connectivity index (χ2v) is 4.47. The Labute approximate surface area is 109 Å². The Kier molecular flexibility index (Phi) is 3.46. The van der Waals surface area contributed by atoms with E-state index in [1.165, 1.54) is 0 Å². The van der Waals surface area contributed by atoms with Crippen molar-refractivity contribution in [2.45, 2.75) is 6.92 Å². The van der Waals surface area contributed by atoms with Crippen molar-refractivity contribution in [1.82, 2.24) is 4.98 Å². The highest BCUT2D eigenvalue weighted by Crippen LogP contribution is 2.23. The van der Waals surface area contributed by atoms with Gasteiger partial charge in [0.25, 0.3) is 0 Å². The van der Waals surface area contributed by atoms with Gasteiger partial charge in [-0.2, -0.15) is 0 Å². The first kappa shape index (κ1) is 12.1. The summed E-state index contributed by atoms with van der Waals surface area (Å²) in [5.41, 5.74) is 1.59. The van der Waals surface area contributed by atoms with Gasteiger partial charge in [-0.3, -0.25) is 9.78 Å². The summed E-state index contributed by atoms with van der Waals surface area (Å²) in [6.07, 6.45) is 1.58. The molecule has 0 radical (unpaired) electrons. The topological polar surface area (TPSA) is 30.0 Å². The van der Waals surface area contributed by atoms with Crippen LogP contribution in [-0.4, -0.2) is 10.8 Å². The van der Waals surface area contributed by atoms with Crippen LogP contribution in [0, 0.1) is 6.92 Å². The Bertz CT molecular complexity index is 581. The summed E-state index contributed by atoms with van der Waals surface area (Å²) >= 11 is 11.8. The molecule has 0 atom stereocenters. The number of carbonyl (C=O) groups is 1. The molecule has 0 amide bonds. The third-order valence-electron chi connectivity index (χ3n) is 2.40. The fourth-order valence-corrected chi connectivity index (χ4v) is 1.90. The van der Waals surface area contributed by atoms with Crippen LogP contribution in [0.4, 0.5) is 0 Å². The molecule has 0 aliphatic carbocycles. The minimum atomic E-state index is -0.212. The van der Waals surface area contributed by atoms with Crippen LogP contribution >= 0.6 is 23.2 Å². The van der Waals surface area contributed by atoms with Gasteiger partial charge in [-0.25, -0.2) is 0 Å². The zero-order valence-electron chi connectivity index (χ0n) is 9.08. The molecule has 0 aliphatic heterocycles. The van der Waals surface area contributed by atoms with E-state index in [1.54, 1.807) is 30.5 Å². The molecule has 4 heteroatoms. The van der Waals surface area contributed by atoms with E-state index in [4.69, 9.17) is 23.2 Å². The average molecular weight is 266 g/mol. The van der Waals surface area contributed by atoms with Gasteiger partial charge in [-0.1, -0.05) is 29.3 Å². The summed E-state index contributed by atoms with van der Waals surface area (Å²) < 4.78 is 0. The molecule has 1 heterocycles. The lowest BCUT2D eigenvalue weighted by Gasteiger charge is -2.05. The first-order valence-corrected chi connectivity index (χ1v) is 5.76. The van der Waals surface area contributed by atoms with Crippen molar-refractivity contribution in [3.05, 3.63) is 63.4 Å². The predicted molar refractivity (Wildman–Crippen MR) is 68.9 cm³/mol. The number of hydrogen-bond acceptors (Lipinski definition) is 2. The number of ketones is 1. The molecule has 1 aromatic carbocycles. The number of rotatable bonds is 2. The Balaban J connectivity index is 2.51. The summed E-state index contributed by atoms with van der Waals surface area (Å²) in [4.78, 5) is 16.3. The predicted octanol–water partition coefficient (Wildman–Crippen LogP) is 3.93. The quantitative estimate of drug-likeness (QED) is 0.771. The molecule has 0 spiro atoms. The van der Waals surface area contributed by atoms with Gasteiger partial charge in [0.1, 0.15) is 5.69 Å². The van der Waals surface area contributed by atoms with Crippen LogP contribution in [0.3, 0.4) is 0 Å². The van der Waals surface area contributed by atoms with Crippen molar-refractivity contribution in [1.29, 1.82) is 0 Å². The van der Waals surface area contributed by atoms with Crippen molar-refractivity contribution in [3.63, 3.8) is 0 Å². The first-order chi connectivity index (χ1) is 8.09. The molecule has 0 unspecified atom stereocenters. The highest BCUT2D eigenvalue weighted by atomic mass is 35.5. The molecular formula is C13H9Cl2NO. The normalized spacial score (nSPS) is 10.3. The molecule has 2 aromatic rings. The molecular weight excluding hydrogens is 257 g/mol. The van der Waals surface area contributed by atoms with Gasteiger partial charge >= 0.3 is 0 Å². The molecule has 0 N–H and O–H groups in total. The van der Waals surface area contributed by atoms with E-state index in [0.717, 1.165) is 5.56 Å². The third kappa shape index (κ3) is 2.48. The minimum Gasteiger partial charge on any atom is -0.287 e. The van der Waals surface area contributed by atoms with Gasteiger partial charge in [0, 0.05) is 16.8 Å². The van der Waals surface area contributed by atoms with Crippen molar-refractivity contribution in [3.8, 4) is 0 Å². The van der Waals surface area contributed by atoms with E-state index >= 15 is 0 Å². The standard InChI is InChI=1S/C13H9Cl2NO/c1-8-3-2-6-16-12(8)13(17)10-7-9(14)4-5-11(10)15/h2-7H,1H3. The average Bonchev–Trinajstić information content (AvgIpc) is 2.32. The molecule has 0 saturated carbocycles. The van der Waals surface area contributed by atoms with Crippen molar-refractivity contribution in [2.75, 3.05) is 0 Å². The van der Waals surface area contributed by atoms with E-state index in [-0.39, 0.29) is 5.78 Å². The second kappa shape index (κ2) is 4.86. The summed E-state index contributed by atoms with van der Waals surface area (Å²) in [6, 6.07) is 8.42. The zero-order valence-corrected chi connectivity index (χ0v) is 10.6. The van der Waals surface area contributed by atoms with Gasteiger partial charge in [0.2, 0.25) is 5.78 Å². The third-order valence-corrected chi connectivity index (χ3v) is 2.96. The molecule has 0 fully saturated rings. The van der Waals surface area contributed by atoms with Gasteiger partial charge in [-0.05, 0) is 36.8 Å². The van der Waals surface area contributed by atoms with Crippen molar-refractivity contribution in [2.24, 2.45) is 0 Å². The lowest BCUT2D eigenvalue weighted by Crippen LogP contribution is -2.06. The van der Waals surface area contributed by atoms with E-state index in [9.17, 15) is 4.79 Å². The maximum absolute atomic E-state index is 12.2. The van der Waals surface area contributed by atoms with Crippen LogP contribution in [0.15, 0.2) is 36.5 Å². The van der Waals surface area contributed by atoms with Crippen LogP contribution in [0.1, 0.15) is 21.6 Å². The minimum absolute atomic E-state index is 0.212. The molecule has 1 aromatic heterocycles. The number of carbonyl (C=O) groups excluding carboxylic acids is 1. The first-order valence-electron chi connectivity index (χ1n) is 5.01. The lowest BCUT2D eigenvalue weighted by molar-refractivity contribution is 0.103. The highest BCUT2D eigenvalue weighted by molar-refractivity contribution is 6.36. The van der Waals surface area contributed by atoms with Crippen LogP contribution in [0.25, 0.3) is 0 Å². The second-order valence-electron chi connectivity index (χ2n) is 3.62. The molecule has 0 saturated heterocycles. The molecule has 2 nitrogen and oxygen atoms in total. The summed E-state index contributed by atoms with van der Waals surface area (Å²) in [5.74, 6) is -0.212. The molecule has 17 heavy (non-hydrogen) atoms. The van der Waals surface area contributed by atoms with Crippen LogP contribution in [0.5, 0.6) is 0 Å². The number of pyridine rings is 1. The number of nitrogens with zero attached hydrogens (tertiary/aromatic N) is 1. The Hall–Kier alpha value is -1.38. The van der Waals surface area contributed by atoms with Gasteiger partial charge in [-0.15, -0.1) is 0 Å². The smallest absolute Gasteiger partial charge is 0.213 e. The van der Waals surface area contributed by atoms with E-state index in [0.29, 0.717) is 21.3 Å². The van der Waals surface area contributed by atoms with Gasteiger partial charge in [0.05, 0.1) is 5.02 Å². The fourth-order valence-electron chi connectivity index (χ4n) is 1.52. The summed E-state index contributed by atoms with van der Waals surface area (Å²) in [7, 11) is 0. The van der Waals surface area contributed by atoms with Crippen molar-refractivity contribution >= 4 is 29.0 Å². The van der Waals surface area contributed by atoms with E-state index in [2.05, 4.69) is 4.98 Å². The van der Waals surface area contributed by atoms with Gasteiger partial charge < -0.3 is 0 Å². The molecule has 0 aliphatic rings. The zero-order chi connectivity index (χ0) is 12.4. The van der Waals surface area contributed by atoms with Crippen LogP contribution in [0.2, 0.25) is 10.0 Å².